The van der Waals surface area contributed by atoms with Crippen molar-refractivity contribution in [2.24, 2.45) is 0 Å². The Balaban J connectivity index is 1.78. The lowest BCUT2D eigenvalue weighted by Gasteiger charge is -2.38. The van der Waals surface area contributed by atoms with E-state index >= 15 is 0 Å². The molecule has 2 aliphatic rings. The molecule has 4 nitrogen and oxygen atoms in total. The third-order valence-electron chi connectivity index (χ3n) is 4.16. The Kier molecular flexibility index (Phi) is 3.22. The molecule has 2 unspecified atom stereocenters. The normalized spacial score (nSPS) is 30.8. The van der Waals surface area contributed by atoms with Crippen molar-refractivity contribution in [1.82, 2.24) is 10.3 Å². The minimum Gasteiger partial charge on any atom is -0.393 e. The molecule has 4 heteroatoms. The van der Waals surface area contributed by atoms with Gasteiger partial charge in [-0.2, -0.15) is 0 Å². The number of rotatable bonds is 3. The zero-order chi connectivity index (χ0) is 12.5. The fourth-order valence-corrected chi connectivity index (χ4v) is 3.40. The third kappa shape index (κ3) is 2.10. The van der Waals surface area contributed by atoms with Gasteiger partial charge in [0.1, 0.15) is 5.82 Å². The van der Waals surface area contributed by atoms with Crippen LogP contribution in [0.2, 0.25) is 0 Å². The number of piperidine rings is 1. The summed E-state index contributed by atoms with van der Waals surface area (Å²) < 4.78 is 0. The number of hydrogen-bond donors (Lipinski definition) is 2. The van der Waals surface area contributed by atoms with Crippen LogP contribution in [-0.2, 0) is 6.54 Å². The topological polar surface area (TPSA) is 48.4 Å². The largest absolute Gasteiger partial charge is 0.393 e. The zero-order valence-electron chi connectivity index (χ0n) is 10.8. The Hall–Kier alpha value is -1.13. The van der Waals surface area contributed by atoms with Gasteiger partial charge in [-0.3, -0.25) is 0 Å². The van der Waals surface area contributed by atoms with Gasteiger partial charge in [0.25, 0.3) is 0 Å². The van der Waals surface area contributed by atoms with Crippen molar-refractivity contribution in [2.45, 2.75) is 50.4 Å². The standard InChI is InChI=1S/C14H21N3O/c1-15-8-10-2-5-14(16-9-10)17-11-3-4-12(17)7-13(18)6-11/h2,5,9,11-13,15,18H,3-4,6-8H2,1H3. The average Bonchev–Trinajstić information content (AvgIpc) is 2.64. The minimum absolute atomic E-state index is 0.109. The van der Waals surface area contributed by atoms with Crippen LogP contribution in [0.15, 0.2) is 18.3 Å². The van der Waals surface area contributed by atoms with Crippen LogP contribution in [0.4, 0.5) is 5.82 Å². The molecule has 0 aliphatic carbocycles. The fraction of sp³-hybridized carbons (Fsp3) is 0.643. The molecule has 0 aromatic carbocycles. The molecule has 0 spiro atoms. The van der Waals surface area contributed by atoms with E-state index in [4.69, 9.17) is 0 Å². The van der Waals surface area contributed by atoms with Crippen molar-refractivity contribution >= 4 is 5.82 Å². The summed E-state index contributed by atoms with van der Waals surface area (Å²) in [6, 6.07) is 5.24. The van der Waals surface area contributed by atoms with E-state index in [0.29, 0.717) is 12.1 Å². The molecule has 2 fully saturated rings. The Labute approximate surface area is 108 Å². The number of aromatic nitrogens is 1. The second-order valence-electron chi connectivity index (χ2n) is 5.47. The van der Waals surface area contributed by atoms with Crippen LogP contribution in [0.5, 0.6) is 0 Å². The van der Waals surface area contributed by atoms with E-state index in [-0.39, 0.29) is 6.10 Å². The number of anilines is 1. The first-order valence-corrected chi connectivity index (χ1v) is 6.84. The van der Waals surface area contributed by atoms with Crippen molar-refractivity contribution in [2.75, 3.05) is 11.9 Å². The van der Waals surface area contributed by atoms with Crippen LogP contribution in [0.1, 0.15) is 31.2 Å². The first-order valence-electron chi connectivity index (χ1n) is 6.84. The van der Waals surface area contributed by atoms with Crippen molar-refractivity contribution < 1.29 is 5.11 Å². The summed E-state index contributed by atoms with van der Waals surface area (Å²) in [6.45, 7) is 0.860. The maximum atomic E-state index is 9.81. The summed E-state index contributed by atoms with van der Waals surface area (Å²) in [7, 11) is 1.94. The summed E-state index contributed by atoms with van der Waals surface area (Å²) in [5, 5.41) is 12.9. The van der Waals surface area contributed by atoms with Gasteiger partial charge >= 0.3 is 0 Å². The summed E-state index contributed by atoms with van der Waals surface area (Å²) in [6.07, 6.45) is 6.04. The maximum Gasteiger partial charge on any atom is 0.128 e. The van der Waals surface area contributed by atoms with Gasteiger partial charge in [-0.25, -0.2) is 4.98 Å². The predicted molar refractivity (Wildman–Crippen MR) is 71.5 cm³/mol. The Morgan fingerprint density at radius 2 is 2.06 bits per heavy atom. The van der Waals surface area contributed by atoms with Gasteiger partial charge in [-0.1, -0.05) is 6.07 Å². The molecule has 2 saturated heterocycles. The second-order valence-corrected chi connectivity index (χ2v) is 5.47. The molecule has 3 rings (SSSR count). The van der Waals surface area contributed by atoms with Gasteiger partial charge in [0.2, 0.25) is 0 Å². The Bertz CT molecular complexity index is 392. The van der Waals surface area contributed by atoms with E-state index in [9.17, 15) is 5.11 Å². The van der Waals surface area contributed by atoms with E-state index < -0.39 is 0 Å². The monoisotopic (exact) mass is 247 g/mol. The number of aliphatic hydroxyl groups excluding tert-OH is 1. The highest BCUT2D eigenvalue weighted by molar-refractivity contribution is 5.44. The molecule has 1 aromatic heterocycles. The van der Waals surface area contributed by atoms with Gasteiger partial charge in [0, 0.05) is 24.8 Å². The molecule has 0 amide bonds. The number of pyridine rings is 1. The van der Waals surface area contributed by atoms with E-state index in [0.717, 1.165) is 25.2 Å². The van der Waals surface area contributed by atoms with Crippen LogP contribution >= 0.6 is 0 Å². The molecule has 18 heavy (non-hydrogen) atoms. The van der Waals surface area contributed by atoms with Crippen LogP contribution in [0.25, 0.3) is 0 Å². The van der Waals surface area contributed by atoms with Crippen molar-refractivity contribution in [3.05, 3.63) is 23.9 Å². The van der Waals surface area contributed by atoms with Crippen molar-refractivity contribution in [3.8, 4) is 0 Å². The Morgan fingerprint density at radius 3 is 2.61 bits per heavy atom. The van der Waals surface area contributed by atoms with Gasteiger partial charge in [0.05, 0.1) is 6.10 Å². The van der Waals surface area contributed by atoms with Gasteiger partial charge < -0.3 is 15.3 Å². The van der Waals surface area contributed by atoms with Gasteiger partial charge in [-0.15, -0.1) is 0 Å². The van der Waals surface area contributed by atoms with Crippen molar-refractivity contribution in [3.63, 3.8) is 0 Å². The Morgan fingerprint density at radius 1 is 1.33 bits per heavy atom. The molecule has 2 aliphatic heterocycles. The fourth-order valence-electron chi connectivity index (χ4n) is 3.40. The molecule has 0 radical (unpaired) electrons. The average molecular weight is 247 g/mol. The molecule has 0 saturated carbocycles. The van der Waals surface area contributed by atoms with Crippen LogP contribution < -0.4 is 10.2 Å². The van der Waals surface area contributed by atoms with Crippen LogP contribution in [0, 0.1) is 0 Å². The third-order valence-corrected chi connectivity index (χ3v) is 4.16. The number of aliphatic hydroxyl groups is 1. The second kappa shape index (κ2) is 4.86. The number of nitrogens with one attached hydrogen (secondary N) is 1. The molecule has 98 valence electrons. The molecule has 3 heterocycles. The quantitative estimate of drug-likeness (QED) is 0.845. The first kappa shape index (κ1) is 11.9. The van der Waals surface area contributed by atoms with Gasteiger partial charge in [-0.05, 0) is 44.4 Å². The lowest BCUT2D eigenvalue weighted by molar-refractivity contribution is 0.126. The molecule has 2 bridgehead atoms. The molecular formula is C14H21N3O. The minimum atomic E-state index is -0.109. The molecule has 2 atom stereocenters. The summed E-state index contributed by atoms with van der Waals surface area (Å²) in [5.74, 6) is 1.08. The van der Waals surface area contributed by atoms with Gasteiger partial charge in [0.15, 0.2) is 0 Å². The summed E-state index contributed by atoms with van der Waals surface area (Å²) >= 11 is 0. The number of nitrogens with zero attached hydrogens (tertiary/aromatic N) is 2. The summed E-state index contributed by atoms with van der Waals surface area (Å²) in [4.78, 5) is 7.02. The highest BCUT2D eigenvalue weighted by atomic mass is 16.3. The molecule has 2 N–H and O–H groups in total. The molecule has 1 aromatic rings. The van der Waals surface area contributed by atoms with E-state index in [1.807, 2.05) is 13.2 Å². The first-order chi connectivity index (χ1) is 8.78. The highest BCUT2D eigenvalue weighted by Crippen LogP contribution is 2.38. The zero-order valence-corrected chi connectivity index (χ0v) is 10.8. The van der Waals surface area contributed by atoms with Crippen molar-refractivity contribution in [1.29, 1.82) is 0 Å². The SMILES string of the molecule is CNCc1ccc(N2C3CCC2CC(O)C3)nc1. The smallest absolute Gasteiger partial charge is 0.128 e. The lowest BCUT2D eigenvalue weighted by Crippen LogP contribution is -2.45. The number of fused-ring (bicyclic) bond motifs is 2. The van der Waals surface area contributed by atoms with E-state index in [1.54, 1.807) is 0 Å². The van der Waals surface area contributed by atoms with Crippen LogP contribution in [0.3, 0.4) is 0 Å². The number of hydrogen-bond acceptors (Lipinski definition) is 4. The van der Waals surface area contributed by atoms with E-state index in [2.05, 4.69) is 27.3 Å². The molecular weight excluding hydrogens is 226 g/mol. The summed E-state index contributed by atoms with van der Waals surface area (Å²) in [5.41, 5.74) is 1.21. The highest BCUT2D eigenvalue weighted by Gasteiger charge is 2.40. The van der Waals surface area contributed by atoms with E-state index in [1.165, 1.54) is 18.4 Å². The van der Waals surface area contributed by atoms with Crippen LogP contribution in [-0.4, -0.2) is 35.3 Å². The predicted octanol–water partition coefficient (Wildman–Crippen LogP) is 1.29. The maximum absolute atomic E-state index is 9.81. The lowest BCUT2D eigenvalue weighted by atomic mass is 10.00.